The van der Waals surface area contributed by atoms with Gasteiger partial charge in [-0.15, -0.1) is 12.4 Å². The number of fused-ring (bicyclic) bond motifs is 1. The summed E-state index contributed by atoms with van der Waals surface area (Å²) < 4.78 is 15.8. The van der Waals surface area contributed by atoms with Crippen LogP contribution in [-0.4, -0.2) is 44.8 Å². The molecule has 1 aromatic rings. The molecule has 1 unspecified atom stereocenters. The van der Waals surface area contributed by atoms with E-state index in [1.807, 2.05) is 6.07 Å². The fourth-order valence-corrected chi connectivity index (χ4v) is 3.98. The first-order valence-electron chi connectivity index (χ1n) is 8.77. The van der Waals surface area contributed by atoms with Crippen molar-refractivity contribution in [1.82, 2.24) is 5.32 Å². The van der Waals surface area contributed by atoms with Crippen molar-refractivity contribution in [2.75, 3.05) is 20.8 Å². The number of hydrogen-bond donors (Lipinski definition) is 1. The summed E-state index contributed by atoms with van der Waals surface area (Å²) >= 11 is 0. The molecule has 4 atom stereocenters. The number of nitrogens with one attached hydrogen (secondary N) is 1. The Kier molecular flexibility index (Phi) is 7.29. The van der Waals surface area contributed by atoms with Gasteiger partial charge in [0.1, 0.15) is 17.4 Å². The maximum Gasteiger partial charge on any atom is 0.341 e. The molecule has 0 amide bonds. The van der Waals surface area contributed by atoms with E-state index < -0.39 is 5.97 Å². The molecule has 144 valence electrons. The molecular weight excluding hydrogens is 358 g/mol. The van der Waals surface area contributed by atoms with Gasteiger partial charge in [-0.2, -0.15) is 0 Å². The second kappa shape index (κ2) is 9.24. The number of ether oxygens (including phenoxy) is 3. The van der Waals surface area contributed by atoms with Gasteiger partial charge in [0.25, 0.3) is 0 Å². The first kappa shape index (κ1) is 20.5. The van der Waals surface area contributed by atoms with E-state index in [0.717, 1.165) is 32.2 Å². The highest BCUT2D eigenvalue weighted by molar-refractivity contribution is 5.92. The van der Waals surface area contributed by atoms with Gasteiger partial charge in [-0.3, -0.25) is 4.79 Å². The Bertz CT molecular complexity index is 638. The summed E-state index contributed by atoms with van der Waals surface area (Å²) in [6.45, 7) is 0.843. The van der Waals surface area contributed by atoms with Gasteiger partial charge >= 0.3 is 11.9 Å². The van der Waals surface area contributed by atoms with E-state index in [9.17, 15) is 9.59 Å². The van der Waals surface area contributed by atoms with Gasteiger partial charge in [0.2, 0.25) is 0 Å². The molecule has 0 bridgehead atoms. The zero-order valence-corrected chi connectivity index (χ0v) is 15.9. The maximum atomic E-state index is 11.9. The number of benzene rings is 1. The van der Waals surface area contributed by atoms with Crippen molar-refractivity contribution < 1.29 is 23.8 Å². The molecule has 1 saturated carbocycles. The minimum Gasteiger partial charge on any atom is -0.490 e. The molecular formula is C19H26ClNO5. The highest BCUT2D eigenvalue weighted by Gasteiger charge is 2.38. The molecule has 2 aliphatic rings. The van der Waals surface area contributed by atoms with E-state index in [4.69, 9.17) is 14.2 Å². The molecule has 1 aromatic carbocycles. The fourth-order valence-electron chi connectivity index (χ4n) is 3.98. The van der Waals surface area contributed by atoms with Crippen molar-refractivity contribution in [2.24, 2.45) is 11.8 Å². The Hall–Kier alpha value is -1.79. The fraction of sp³-hybridized carbons (Fsp3) is 0.579. The first-order valence-corrected chi connectivity index (χ1v) is 8.77. The number of carbonyl (C=O) groups is 2. The van der Waals surface area contributed by atoms with Crippen molar-refractivity contribution in [3.63, 3.8) is 0 Å². The first-order chi connectivity index (χ1) is 12.1. The summed E-state index contributed by atoms with van der Waals surface area (Å²) in [5.41, 5.74) is 0.449. The van der Waals surface area contributed by atoms with Crippen LogP contribution in [0.25, 0.3) is 0 Å². The number of para-hydroxylation sites is 1. The molecule has 26 heavy (non-hydrogen) atoms. The van der Waals surface area contributed by atoms with E-state index >= 15 is 0 Å². The van der Waals surface area contributed by atoms with Crippen LogP contribution in [0.4, 0.5) is 0 Å². The van der Waals surface area contributed by atoms with Gasteiger partial charge in [-0.1, -0.05) is 12.1 Å². The van der Waals surface area contributed by atoms with Crippen LogP contribution in [-0.2, 0) is 14.3 Å². The van der Waals surface area contributed by atoms with Gasteiger partial charge in [-0.25, -0.2) is 4.79 Å². The van der Waals surface area contributed by atoms with Crippen LogP contribution < -0.4 is 10.1 Å². The van der Waals surface area contributed by atoms with Crippen LogP contribution in [0, 0.1) is 11.8 Å². The van der Waals surface area contributed by atoms with Crippen molar-refractivity contribution >= 4 is 24.3 Å². The van der Waals surface area contributed by atoms with Crippen LogP contribution in [0.3, 0.4) is 0 Å². The van der Waals surface area contributed by atoms with Gasteiger partial charge in [0.05, 0.1) is 20.3 Å². The second-order valence-electron chi connectivity index (χ2n) is 6.78. The topological polar surface area (TPSA) is 73.9 Å². The number of halogens is 1. The largest absolute Gasteiger partial charge is 0.490 e. The average molecular weight is 384 g/mol. The molecule has 6 nitrogen and oxygen atoms in total. The molecule has 0 radical (unpaired) electrons. The smallest absolute Gasteiger partial charge is 0.341 e. The van der Waals surface area contributed by atoms with Crippen LogP contribution >= 0.6 is 12.4 Å². The van der Waals surface area contributed by atoms with E-state index in [1.165, 1.54) is 14.2 Å². The van der Waals surface area contributed by atoms with Crippen molar-refractivity contribution in [3.05, 3.63) is 29.8 Å². The Morgan fingerprint density at radius 3 is 2.54 bits per heavy atom. The number of esters is 2. The minimum absolute atomic E-state index is 0. The molecule has 1 aliphatic heterocycles. The lowest BCUT2D eigenvalue weighted by Gasteiger charge is -2.41. The summed E-state index contributed by atoms with van der Waals surface area (Å²) in [5, 5.41) is 3.29. The molecule has 1 saturated heterocycles. The summed E-state index contributed by atoms with van der Waals surface area (Å²) in [6.07, 6.45) is 3.70. The molecule has 3 rings (SSSR count). The third-order valence-electron chi connectivity index (χ3n) is 5.33. The van der Waals surface area contributed by atoms with Crippen LogP contribution in [0.15, 0.2) is 24.3 Å². The van der Waals surface area contributed by atoms with Gasteiger partial charge in [0, 0.05) is 0 Å². The molecule has 0 spiro atoms. The monoisotopic (exact) mass is 383 g/mol. The van der Waals surface area contributed by atoms with E-state index in [2.05, 4.69) is 5.32 Å². The molecule has 1 heterocycles. The van der Waals surface area contributed by atoms with Crippen LogP contribution in [0.5, 0.6) is 5.75 Å². The van der Waals surface area contributed by atoms with Gasteiger partial charge < -0.3 is 19.5 Å². The quantitative estimate of drug-likeness (QED) is 0.805. The summed E-state index contributed by atoms with van der Waals surface area (Å²) in [4.78, 5) is 23.7. The van der Waals surface area contributed by atoms with Crippen molar-refractivity contribution in [3.8, 4) is 5.75 Å². The second-order valence-corrected chi connectivity index (χ2v) is 6.78. The normalized spacial score (nSPS) is 27.5. The number of rotatable bonds is 4. The predicted octanol–water partition coefficient (Wildman–Crippen LogP) is 2.59. The standard InChI is InChI=1S/C19H25NO5.ClH/c1-23-18(21)15-5-3-4-6-17(15)25-14-8-7-12-11-20-16(19(22)24-2)10-13(12)9-14;/h3-6,12-14,16,20H,7-11H2,1-2H3;1H/t12-,13+,14?,16-;/m0./s1. The van der Waals surface area contributed by atoms with E-state index in [1.54, 1.807) is 18.2 Å². The Labute approximate surface area is 160 Å². The number of piperidine rings is 1. The lowest BCUT2D eigenvalue weighted by molar-refractivity contribution is -0.145. The molecule has 0 aromatic heterocycles. The zero-order valence-electron chi connectivity index (χ0n) is 15.1. The minimum atomic E-state index is -0.392. The van der Waals surface area contributed by atoms with Crippen molar-refractivity contribution in [2.45, 2.75) is 37.8 Å². The van der Waals surface area contributed by atoms with Gasteiger partial charge in [-0.05, 0) is 56.2 Å². The van der Waals surface area contributed by atoms with E-state index in [-0.39, 0.29) is 30.5 Å². The highest BCUT2D eigenvalue weighted by atomic mass is 35.5. The lowest BCUT2D eigenvalue weighted by Crippen LogP contribution is -2.51. The Morgan fingerprint density at radius 1 is 1.04 bits per heavy atom. The van der Waals surface area contributed by atoms with Crippen LogP contribution in [0.1, 0.15) is 36.0 Å². The predicted molar refractivity (Wildman–Crippen MR) is 98.7 cm³/mol. The summed E-state index contributed by atoms with van der Waals surface area (Å²) in [7, 11) is 2.79. The average Bonchev–Trinajstić information content (AvgIpc) is 2.66. The van der Waals surface area contributed by atoms with Gasteiger partial charge in [0.15, 0.2) is 0 Å². The molecule has 1 aliphatic carbocycles. The molecule has 7 heteroatoms. The Balaban J connectivity index is 0.00000243. The third-order valence-corrected chi connectivity index (χ3v) is 5.33. The zero-order chi connectivity index (χ0) is 17.8. The SMILES string of the molecule is COC(=O)c1ccccc1OC1CC[C@H]2CN[C@H](C(=O)OC)C[C@H]2C1.Cl. The van der Waals surface area contributed by atoms with E-state index in [0.29, 0.717) is 23.1 Å². The summed E-state index contributed by atoms with van der Waals surface area (Å²) in [5.74, 6) is 0.969. The lowest BCUT2D eigenvalue weighted by atomic mass is 9.72. The third kappa shape index (κ3) is 4.48. The Morgan fingerprint density at radius 2 is 1.81 bits per heavy atom. The van der Waals surface area contributed by atoms with Crippen LogP contribution in [0.2, 0.25) is 0 Å². The number of methoxy groups -OCH3 is 2. The highest BCUT2D eigenvalue weighted by Crippen LogP contribution is 2.37. The van der Waals surface area contributed by atoms with Crippen molar-refractivity contribution in [1.29, 1.82) is 0 Å². The number of hydrogen-bond acceptors (Lipinski definition) is 6. The number of carbonyl (C=O) groups excluding carboxylic acids is 2. The molecule has 1 N–H and O–H groups in total. The maximum absolute atomic E-state index is 11.9. The summed E-state index contributed by atoms with van der Waals surface area (Å²) in [6, 6.07) is 6.94. The molecule has 2 fully saturated rings.